The van der Waals surface area contributed by atoms with Crippen LogP contribution in [-0.2, 0) is 13.6 Å². The van der Waals surface area contributed by atoms with Crippen molar-refractivity contribution in [1.82, 2.24) is 24.7 Å². The second-order valence-corrected chi connectivity index (χ2v) is 5.17. The molecule has 5 nitrogen and oxygen atoms in total. The van der Waals surface area contributed by atoms with Gasteiger partial charge in [-0.05, 0) is 7.05 Å². The molecule has 1 unspecified atom stereocenters. The van der Waals surface area contributed by atoms with Crippen LogP contribution in [0.3, 0.4) is 0 Å². The first-order chi connectivity index (χ1) is 8.25. The van der Waals surface area contributed by atoms with Crippen molar-refractivity contribution in [2.45, 2.75) is 12.6 Å². The second kappa shape index (κ2) is 4.40. The summed E-state index contributed by atoms with van der Waals surface area (Å²) in [6.07, 6.45) is 1.95. The molecule has 3 heterocycles. The van der Waals surface area contributed by atoms with Crippen LogP contribution in [0.2, 0.25) is 0 Å². The summed E-state index contributed by atoms with van der Waals surface area (Å²) in [5.41, 5.74) is 2.64. The van der Waals surface area contributed by atoms with Gasteiger partial charge in [-0.1, -0.05) is 0 Å². The van der Waals surface area contributed by atoms with E-state index in [1.165, 1.54) is 24.5 Å². The third-order valence-electron chi connectivity index (χ3n) is 3.99. The maximum absolute atomic E-state index is 4.48. The molecule has 94 valence electrons. The number of fused-ring (bicyclic) bond motifs is 1. The molecule has 1 aromatic heterocycles. The van der Waals surface area contributed by atoms with E-state index in [1.807, 2.05) is 6.33 Å². The lowest BCUT2D eigenvalue weighted by Gasteiger charge is -2.39. The highest BCUT2D eigenvalue weighted by Gasteiger charge is 2.30. The van der Waals surface area contributed by atoms with Gasteiger partial charge in [-0.25, -0.2) is 4.98 Å². The Kier molecular flexibility index (Phi) is 2.90. The number of nitrogens with one attached hydrogen (secondary N) is 1. The maximum Gasteiger partial charge on any atom is 0.0950 e. The van der Waals surface area contributed by atoms with Gasteiger partial charge in [-0.2, -0.15) is 0 Å². The largest absolute Gasteiger partial charge is 0.336 e. The molecule has 0 radical (unpaired) electrons. The molecule has 1 atom stereocenters. The minimum atomic E-state index is 0.500. The van der Waals surface area contributed by atoms with Gasteiger partial charge in [0.2, 0.25) is 0 Å². The van der Waals surface area contributed by atoms with Gasteiger partial charge in [0.05, 0.1) is 23.8 Å². The Morgan fingerprint density at radius 2 is 2.00 bits per heavy atom. The van der Waals surface area contributed by atoms with Crippen LogP contribution in [0.4, 0.5) is 0 Å². The molecule has 0 saturated carbocycles. The van der Waals surface area contributed by atoms with Crippen LogP contribution in [-0.4, -0.2) is 59.1 Å². The molecule has 0 amide bonds. The third-order valence-corrected chi connectivity index (χ3v) is 3.99. The predicted octanol–water partition coefficient (Wildman–Crippen LogP) is -0.188. The normalized spacial score (nSPS) is 27.1. The highest BCUT2D eigenvalue weighted by Crippen LogP contribution is 2.26. The molecular formula is C12H21N5. The summed E-state index contributed by atoms with van der Waals surface area (Å²) in [6.45, 7) is 6.63. The average Bonchev–Trinajstić information content (AvgIpc) is 2.73. The molecule has 3 rings (SSSR count). The lowest BCUT2D eigenvalue weighted by molar-refractivity contribution is 0.103. The number of hydrogen-bond donors (Lipinski definition) is 1. The third kappa shape index (κ3) is 1.99. The first kappa shape index (κ1) is 11.2. The lowest BCUT2D eigenvalue weighted by atomic mass is 10.1. The van der Waals surface area contributed by atoms with Crippen molar-refractivity contribution >= 4 is 0 Å². The van der Waals surface area contributed by atoms with Crippen molar-refractivity contribution < 1.29 is 0 Å². The Hall–Kier alpha value is -0.910. The molecule has 1 N–H and O–H groups in total. The Morgan fingerprint density at radius 1 is 1.24 bits per heavy atom. The van der Waals surface area contributed by atoms with Crippen LogP contribution in [0.5, 0.6) is 0 Å². The SMILES string of the molecule is CN1CCN(C2CNCc3ncn(C)c32)CC1. The minimum absolute atomic E-state index is 0.500. The zero-order valence-corrected chi connectivity index (χ0v) is 10.7. The van der Waals surface area contributed by atoms with Crippen LogP contribution < -0.4 is 5.32 Å². The van der Waals surface area contributed by atoms with Gasteiger partial charge in [0.15, 0.2) is 0 Å². The number of nitrogens with zero attached hydrogens (tertiary/aromatic N) is 4. The average molecular weight is 235 g/mol. The Labute approximate surface area is 102 Å². The standard InChI is InChI=1S/C12H21N5/c1-15-3-5-17(6-4-15)11-8-13-7-10-12(11)16(2)9-14-10/h9,11,13H,3-8H2,1-2H3. The first-order valence-electron chi connectivity index (χ1n) is 6.39. The van der Waals surface area contributed by atoms with Crippen molar-refractivity contribution in [1.29, 1.82) is 0 Å². The van der Waals surface area contributed by atoms with E-state index in [9.17, 15) is 0 Å². The number of imidazole rings is 1. The van der Waals surface area contributed by atoms with E-state index in [0.29, 0.717) is 6.04 Å². The maximum atomic E-state index is 4.48. The fourth-order valence-corrected chi connectivity index (χ4v) is 2.91. The summed E-state index contributed by atoms with van der Waals surface area (Å²) < 4.78 is 2.19. The topological polar surface area (TPSA) is 36.3 Å². The van der Waals surface area contributed by atoms with Gasteiger partial charge in [0, 0.05) is 46.3 Å². The Balaban J connectivity index is 1.82. The highest BCUT2D eigenvalue weighted by molar-refractivity contribution is 5.21. The quantitative estimate of drug-likeness (QED) is 0.732. The molecule has 2 aliphatic rings. The molecule has 5 heteroatoms. The summed E-state index contributed by atoms with van der Waals surface area (Å²) in [7, 11) is 4.31. The van der Waals surface area contributed by atoms with Crippen molar-refractivity contribution in [3.05, 3.63) is 17.7 Å². The van der Waals surface area contributed by atoms with Gasteiger partial charge in [0.25, 0.3) is 0 Å². The second-order valence-electron chi connectivity index (χ2n) is 5.17. The molecule has 0 bridgehead atoms. The first-order valence-corrected chi connectivity index (χ1v) is 6.39. The van der Waals surface area contributed by atoms with E-state index in [0.717, 1.165) is 26.2 Å². The zero-order chi connectivity index (χ0) is 11.8. The highest BCUT2D eigenvalue weighted by atomic mass is 15.3. The zero-order valence-electron chi connectivity index (χ0n) is 10.7. The number of hydrogen-bond acceptors (Lipinski definition) is 4. The molecule has 17 heavy (non-hydrogen) atoms. The molecule has 2 aliphatic heterocycles. The fraction of sp³-hybridized carbons (Fsp3) is 0.750. The van der Waals surface area contributed by atoms with E-state index in [-0.39, 0.29) is 0 Å². The fourth-order valence-electron chi connectivity index (χ4n) is 2.91. The van der Waals surface area contributed by atoms with Crippen LogP contribution >= 0.6 is 0 Å². The van der Waals surface area contributed by atoms with E-state index in [4.69, 9.17) is 0 Å². The Bertz CT molecular complexity index is 392. The number of aromatic nitrogens is 2. The monoisotopic (exact) mass is 235 g/mol. The number of aryl methyl sites for hydroxylation is 1. The number of likely N-dealkylation sites (N-methyl/N-ethyl adjacent to an activating group) is 1. The van der Waals surface area contributed by atoms with Crippen molar-refractivity contribution in [3.8, 4) is 0 Å². The summed E-state index contributed by atoms with van der Waals surface area (Å²) in [4.78, 5) is 9.47. The van der Waals surface area contributed by atoms with Crippen molar-refractivity contribution in [3.63, 3.8) is 0 Å². The van der Waals surface area contributed by atoms with Crippen LogP contribution in [0.25, 0.3) is 0 Å². The molecule has 0 aromatic carbocycles. The van der Waals surface area contributed by atoms with E-state index >= 15 is 0 Å². The smallest absolute Gasteiger partial charge is 0.0950 e. The summed E-state index contributed by atoms with van der Waals surface area (Å²) in [6, 6.07) is 0.500. The number of piperazine rings is 1. The summed E-state index contributed by atoms with van der Waals surface area (Å²) in [5.74, 6) is 0. The van der Waals surface area contributed by atoms with Crippen molar-refractivity contribution in [2.24, 2.45) is 7.05 Å². The van der Waals surface area contributed by atoms with Gasteiger partial charge in [0.1, 0.15) is 0 Å². The molecule has 0 aliphatic carbocycles. The molecule has 0 spiro atoms. The van der Waals surface area contributed by atoms with E-state index < -0.39 is 0 Å². The van der Waals surface area contributed by atoms with Gasteiger partial charge in [-0.3, -0.25) is 4.90 Å². The van der Waals surface area contributed by atoms with Crippen LogP contribution in [0.1, 0.15) is 17.4 Å². The molecule has 1 aromatic rings. The molecule has 1 saturated heterocycles. The van der Waals surface area contributed by atoms with Gasteiger partial charge >= 0.3 is 0 Å². The van der Waals surface area contributed by atoms with Crippen molar-refractivity contribution in [2.75, 3.05) is 39.8 Å². The van der Waals surface area contributed by atoms with Gasteiger partial charge in [-0.15, -0.1) is 0 Å². The number of rotatable bonds is 1. The van der Waals surface area contributed by atoms with Gasteiger partial charge < -0.3 is 14.8 Å². The summed E-state index contributed by atoms with van der Waals surface area (Å²) >= 11 is 0. The van der Waals surface area contributed by atoms with Crippen LogP contribution in [0.15, 0.2) is 6.33 Å². The predicted molar refractivity (Wildman–Crippen MR) is 66.7 cm³/mol. The molecular weight excluding hydrogens is 214 g/mol. The lowest BCUT2D eigenvalue weighted by Crippen LogP contribution is -2.49. The summed E-state index contributed by atoms with van der Waals surface area (Å²) in [5, 5.41) is 3.48. The van der Waals surface area contributed by atoms with Crippen LogP contribution in [0, 0.1) is 0 Å². The van der Waals surface area contributed by atoms with E-state index in [1.54, 1.807) is 0 Å². The van der Waals surface area contributed by atoms with E-state index in [2.05, 4.69) is 38.8 Å². The minimum Gasteiger partial charge on any atom is -0.336 e. The Morgan fingerprint density at radius 3 is 2.76 bits per heavy atom. The molecule has 1 fully saturated rings.